The lowest BCUT2D eigenvalue weighted by molar-refractivity contribution is 0.199. The van der Waals surface area contributed by atoms with E-state index in [4.69, 9.17) is 5.73 Å². The van der Waals surface area contributed by atoms with E-state index in [0.29, 0.717) is 17.3 Å². The van der Waals surface area contributed by atoms with Crippen LogP contribution in [0.15, 0.2) is 35.3 Å². The van der Waals surface area contributed by atoms with Gasteiger partial charge in [-0.1, -0.05) is 36.8 Å². The van der Waals surface area contributed by atoms with Crippen molar-refractivity contribution in [1.29, 1.82) is 0 Å². The summed E-state index contributed by atoms with van der Waals surface area (Å²) in [5.41, 5.74) is 7.49. The van der Waals surface area contributed by atoms with Crippen LogP contribution in [0.5, 0.6) is 0 Å². The van der Waals surface area contributed by atoms with E-state index < -0.39 is 0 Å². The number of aliphatic imine (C=N–C) groups is 1. The molecule has 3 N–H and O–H groups in total. The van der Waals surface area contributed by atoms with E-state index in [1.807, 2.05) is 0 Å². The van der Waals surface area contributed by atoms with Gasteiger partial charge in [0.2, 0.25) is 0 Å². The van der Waals surface area contributed by atoms with Crippen LogP contribution in [0.4, 0.5) is 0 Å². The van der Waals surface area contributed by atoms with Gasteiger partial charge in [0.25, 0.3) is 0 Å². The van der Waals surface area contributed by atoms with E-state index in [2.05, 4.69) is 57.3 Å². The molecular weight excluding hydrogens is 316 g/mol. The standard InChI is InChI=1S/C19H30N4S/c20-19(21-14-18-8-4-5-13-24-18)22-17-9-11-23(12-10-17)15-16-6-2-1-3-7-16/h1-3,6-7,17-18H,4-5,8-15H2,(H3,20,21,22). The summed E-state index contributed by atoms with van der Waals surface area (Å²) in [7, 11) is 0. The summed E-state index contributed by atoms with van der Waals surface area (Å²) in [6, 6.07) is 11.2. The van der Waals surface area contributed by atoms with E-state index in [0.717, 1.165) is 39.0 Å². The first kappa shape index (κ1) is 17.6. The molecular formula is C19H30N4S. The number of nitrogens with two attached hydrogens (primary N) is 1. The molecule has 0 aliphatic carbocycles. The highest BCUT2D eigenvalue weighted by Crippen LogP contribution is 2.25. The summed E-state index contributed by atoms with van der Waals surface area (Å²) in [5, 5.41) is 4.11. The third-order valence-electron chi connectivity index (χ3n) is 4.93. The maximum atomic E-state index is 6.10. The zero-order chi connectivity index (χ0) is 16.6. The van der Waals surface area contributed by atoms with Gasteiger partial charge in [-0.05, 0) is 37.0 Å². The molecule has 2 fully saturated rings. The molecule has 5 heteroatoms. The average Bonchev–Trinajstić information content (AvgIpc) is 2.63. The first-order valence-corrected chi connectivity index (χ1v) is 10.3. The van der Waals surface area contributed by atoms with Gasteiger partial charge in [0.1, 0.15) is 0 Å². The number of hydrogen-bond acceptors (Lipinski definition) is 3. The van der Waals surface area contributed by atoms with Crippen LogP contribution in [-0.2, 0) is 6.54 Å². The molecule has 0 saturated carbocycles. The van der Waals surface area contributed by atoms with Crippen molar-refractivity contribution >= 4 is 17.7 Å². The topological polar surface area (TPSA) is 53.6 Å². The number of rotatable bonds is 5. The molecule has 0 amide bonds. The number of thioether (sulfide) groups is 1. The Bertz CT molecular complexity index is 505. The molecule has 0 bridgehead atoms. The molecule has 2 heterocycles. The zero-order valence-corrected chi connectivity index (χ0v) is 15.3. The second kappa shape index (κ2) is 9.33. The molecule has 132 valence electrons. The predicted molar refractivity (Wildman–Crippen MR) is 104 cm³/mol. The number of benzene rings is 1. The molecule has 1 unspecified atom stereocenters. The molecule has 1 aromatic rings. The highest BCUT2D eigenvalue weighted by atomic mass is 32.2. The lowest BCUT2D eigenvalue weighted by atomic mass is 10.0. The minimum Gasteiger partial charge on any atom is -0.370 e. The van der Waals surface area contributed by atoms with Crippen molar-refractivity contribution in [2.24, 2.45) is 10.7 Å². The van der Waals surface area contributed by atoms with Gasteiger partial charge >= 0.3 is 0 Å². The summed E-state index contributed by atoms with van der Waals surface area (Å²) in [6.45, 7) is 4.17. The number of nitrogens with zero attached hydrogens (tertiary/aromatic N) is 2. The van der Waals surface area contributed by atoms with Gasteiger partial charge < -0.3 is 11.1 Å². The van der Waals surface area contributed by atoms with Gasteiger partial charge in [-0.15, -0.1) is 0 Å². The van der Waals surface area contributed by atoms with Gasteiger partial charge in [-0.25, -0.2) is 0 Å². The fourth-order valence-electron chi connectivity index (χ4n) is 3.48. The number of hydrogen-bond donors (Lipinski definition) is 2. The molecule has 3 rings (SSSR count). The van der Waals surface area contributed by atoms with Crippen LogP contribution in [0.1, 0.15) is 37.7 Å². The Hall–Kier alpha value is -1.20. The fourth-order valence-corrected chi connectivity index (χ4v) is 4.70. The molecule has 0 aromatic heterocycles. The van der Waals surface area contributed by atoms with Crippen LogP contribution in [0.3, 0.4) is 0 Å². The minimum atomic E-state index is 0.472. The van der Waals surface area contributed by atoms with Gasteiger partial charge in [-0.2, -0.15) is 11.8 Å². The third kappa shape index (κ3) is 5.71. The summed E-state index contributed by atoms with van der Waals surface area (Å²) in [4.78, 5) is 7.10. The number of likely N-dealkylation sites (tertiary alicyclic amines) is 1. The largest absolute Gasteiger partial charge is 0.370 e. The van der Waals surface area contributed by atoms with E-state index >= 15 is 0 Å². The molecule has 2 aliphatic heterocycles. The first-order valence-electron chi connectivity index (χ1n) is 9.24. The van der Waals surface area contributed by atoms with E-state index in [1.165, 1.54) is 30.6 Å². The van der Waals surface area contributed by atoms with Gasteiger partial charge in [0, 0.05) is 30.9 Å². The molecule has 0 radical (unpaired) electrons. The third-order valence-corrected chi connectivity index (χ3v) is 6.31. The molecule has 2 saturated heterocycles. The van der Waals surface area contributed by atoms with Crippen LogP contribution in [-0.4, -0.2) is 47.5 Å². The predicted octanol–water partition coefficient (Wildman–Crippen LogP) is 2.84. The van der Waals surface area contributed by atoms with Crippen LogP contribution in [0.25, 0.3) is 0 Å². The van der Waals surface area contributed by atoms with Gasteiger partial charge in [0.15, 0.2) is 5.96 Å². The molecule has 0 spiro atoms. The summed E-state index contributed by atoms with van der Waals surface area (Å²) >= 11 is 2.06. The molecule has 24 heavy (non-hydrogen) atoms. The van der Waals surface area contributed by atoms with Crippen LogP contribution in [0.2, 0.25) is 0 Å². The van der Waals surface area contributed by atoms with E-state index in [-0.39, 0.29) is 0 Å². The molecule has 1 atom stereocenters. The van der Waals surface area contributed by atoms with Gasteiger partial charge in [-0.3, -0.25) is 9.89 Å². The molecule has 2 aliphatic rings. The fraction of sp³-hybridized carbons (Fsp3) is 0.632. The Morgan fingerprint density at radius 2 is 1.96 bits per heavy atom. The van der Waals surface area contributed by atoms with Crippen molar-refractivity contribution < 1.29 is 0 Å². The second-order valence-corrected chi connectivity index (χ2v) is 8.30. The lowest BCUT2D eigenvalue weighted by Gasteiger charge is -2.32. The van der Waals surface area contributed by atoms with Crippen molar-refractivity contribution in [2.75, 3.05) is 25.4 Å². The smallest absolute Gasteiger partial charge is 0.188 e. The summed E-state index contributed by atoms with van der Waals surface area (Å²) in [6.07, 6.45) is 6.28. The quantitative estimate of drug-likeness (QED) is 0.636. The maximum Gasteiger partial charge on any atom is 0.188 e. The Labute approximate surface area is 150 Å². The van der Waals surface area contributed by atoms with Crippen molar-refractivity contribution in [1.82, 2.24) is 10.2 Å². The summed E-state index contributed by atoms with van der Waals surface area (Å²) < 4.78 is 0. The van der Waals surface area contributed by atoms with Crippen molar-refractivity contribution in [3.8, 4) is 0 Å². The highest BCUT2D eigenvalue weighted by molar-refractivity contribution is 7.99. The van der Waals surface area contributed by atoms with Crippen LogP contribution in [0, 0.1) is 0 Å². The van der Waals surface area contributed by atoms with Crippen molar-refractivity contribution in [2.45, 2.75) is 49.9 Å². The van der Waals surface area contributed by atoms with Crippen molar-refractivity contribution in [3.05, 3.63) is 35.9 Å². The zero-order valence-electron chi connectivity index (χ0n) is 14.5. The van der Waals surface area contributed by atoms with Crippen molar-refractivity contribution in [3.63, 3.8) is 0 Å². The Morgan fingerprint density at radius 3 is 2.67 bits per heavy atom. The molecule has 4 nitrogen and oxygen atoms in total. The minimum absolute atomic E-state index is 0.472. The van der Waals surface area contributed by atoms with Crippen LogP contribution < -0.4 is 11.1 Å². The number of nitrogens with one attached hydrogen (secondary N) is 1. The Kier molecular flexibility index (Phi) is 6.85. The Balaban J connectivity index is 1.36. The second-order valence-electron chi connectivity index (χ2n) is 6.89. The van der Waals surface area contributed by atoms with Gasteiger partial charge in [0.05, 0.1) is 6.54 Å². The van der Waals surface area contributed by atoms with E-state index in [1.54, 1.807) is 0 Å². The number of piperidine rings is 1. The highest BCUT2D eigenvalue weighted by Gasteiger charge is 2.20. The monoisotopic (exact) mass is 346 g/mol. The first-order chi connectivity index (χ1) is 11.8. The van der Waals surface area contributed by atoms with Crippen LogP contribution >= 0.6 is 11.8 Å². The number of guanidine groups is 1. The molecule has 1 aromatic carbocycles. The Morgan fingerprint density at radius 1 is 1.17 bits per heavy atom. The maximum absolute atomic E-state index is 6.10. The van der Waals surface area contributed by atoms with E-state index in [9.17, 15) is 0 Å². The summed E-state index contributed by atoms with van der Waals surface area (Å²) in [5.74, 6) is 1.93. The lowest BCUT2D eigenvalue weighted by Crippen LogP contribution is -2.47. The SMILES string of the molecule is NC(=NCC1CCCCS1)NC1CCN(Cc2ccccc2)CC1. The average molecular weight is 347 g/mol. The normalized spacial score (nSPS) is 24.0.